The number of hydrogen-bond donors (Lipinski definition) is 1. The van der Waals surface area contributed by atoms with Gasteiger partial charge in [0, 0.05) is 6.04 Å². The molecule has 0 fully saturated rings. The van der Waals surface area contributed by atoms with Gasteiger partial charge in [-0.25, -0.2) is 0 Å². The molecule has 1 radical (unpaired) electrons. The summed E-state index contributed by atoms with van der Waals surface area (Å²) in [4.78, 5) is 0. The third-order valence-electron chi connectivity index (χ3n) is 1.10. The standard InChI is InChI=1S/C6H10N/c1-6-4-2-3-5-7-6/h4,6-7H,3,5H2,1H3. The molecule has 0 aliphatic carbocycles. The Labute approximate surface area is 44.4 Å². The predicted molar refractivity (Wildman–Crippen MR) is 29.9 cm³/mol. The van der Waals surface area contributed by atoms with Crippen molar-refractivity contribution in [3.05, 3.63) is 12.2 Å². The van der Waals surface area contributed by atoms with Gasteiger partial charge in [0.2, 0.25) is 0 Å². The highest BCUT2D eigenvalue weighted by molar-refractivity contribution is 4.89. The Hall–Kier alpha value is -0.300. The molecular formula is C6H10N. The van der Waals surface area contributed by atoms with Crippen LogP contribution in [-0.4, -0.2) is 12.6 Å². The first kappa shape index (κ1) is 4.85. The summed E-state index contributed by atoms with van der Waals surface area (Å²) in [5, 5.41) is 3.26. The van der Waals surface area contributed by atoms with Gasteiger partial charge in [0.1, 0.15) is 0 Å². The first-order chi connectivity index (χ1) is 3.39. The molecule has 1 nitrogen and oxygen atoms in total. The second-order valence-electron chi connectivity index (χ2n) is 1.86. The van der Waals surface area contributed by atoms with E-state index in [0.717, 1.165) is 13.0 Å². The molecule has 0 aromatic heterocycles. The Morgan fingerprint density at radius 3 is 3.00 bits per heavy atom. The summed E-state index contributed by atoms with van der Waals surface area (Å²) >= 11 is 0. The average molecular weight is 96.2 g/mol. The molecule has 0 saturated heterocycles. The van der Waals surface area contributed by atoms with E-state index < -0.39 is 0 Å². The van der Waals surface area contributed by atoms with Crippen molar-refractivity contribution in [1.82, 2.24) is 5.32 Å². The predicted octanol–water partition coefficient (Wildman–Crippen LogP) is 0.728. The highest BCUT2D eigenvalue weighted by Gasteiger charge is 1.97. The van der Waals surface area contributed by atoms with Crippen molar-refractivity contribution in [1.29, 1.82) is 0 Å². The highest BCUT2D eigenvalue weighted by Crippen LogP contribution is 1.92. The molecule has 1 rings (SSSR count). The summed E-state index contributed by atoms with van der Waals surface area (Å²) in [6.45, 7) is 3.23. The third kappa shape index (κ3) is 1.32. The number of hydrogen-bond acceptors (Lipinski definition) is 1. The van der Waals surface area contributed by atoms with Crippen molar-refractivity contribution in [2.24, 2.45) is 0 Å². The van der Waals surface area contributed by atoms with E-state index in [1.54, 1.807) is 0 Å². The fraction of sp³-hybridized carbons (Fsp3) is 0.667. The lowest BCUT2D eigenvalue weighted by Gasteiger charge is -2.11. The third-order valence-corrected chi connectivity index (χ3v) is 1.10. The Kier molecular flexibility index (Phi) is 1.47. The van der Waals surface area contributed by atoms with E-state index in [2.05, 4.69) is 24.4 Å². The van der Waals surface area contributed by atoms with Gasteiger partial charge in [0.25, 0.3) is 0 Å². The monoisotopic (exact) mass is 96.1 g/mol. The normalized spacial score (nSPS) is 30.7. The van der Waals surface area contributed by atoms with Gasteiger partial charge in [-0.2, -0.15) is 0 Å². The summed E-state index contributed by atoms with van der Waals surface area (Å²) in [6.07, 6.45) is 6.29. The molecule has 0 amide bonds. The molecule has 39 valence electrons. The fourth-order valence-electron chi connectivity index (χ4n) is 0.691. The molecule has 7 heavy (non-hydrogen) atoms. The molecular weight excluding hydrogens is 86.1 g/mol. The van der Waals surface area contributed by atoms with E-state index in [1.165, 1.54) is 0 Å². The quantitative estimate of drug-likeness (QED) is 0.468. The van der Waals surface area contributed by atoms with E-state index in [4.69, 9.17) is 0 Å². The van der Waals surface area contributed by atoms with Crippen LogP contribution in [0.2, 0.25) is 0 Å². The maximum atomic E-state index is 3.26. The van der Waals surface area contributed by atoms with Gasteiger partial charge < -0.3 is 5.32 Å². The minimum Gasteiger partial charge on any atom is -0.310 e. The summed E-state index contributed by atoms with van der Waals surface area (Å²) in [7, 11) is 0. The van der Waals surface area contributed by atoms with Crippen LogP contribution < -0.4 is 5.32 Å². The lowest BCUT2D eigenvalue weighted by atomic mass is 10.2. The van der Waals surface area contributed by atoms with Crippen molar-refractivity contribution in [2.75, 3.05) is 6.54 Å². The molecule has 1 N–H and O–H groups in total. The smallest absolute Gasteiger partial charge is 0.0227 e. The van der Waals surface area contributed by atoms with Gasteiger partial charge >= 0.3 is 0 Å². The van der Waals surface area contributed by atoms with Crippen molar-refractivity contribution < 1.29 is 0 Å². The van der Waals surface area contributed by atoms with Crippen LogP contribution in [0.5, 0.6) is 0 Å². The molecule has 1 aliphatic heterocycles. The number of rotatable bonds is 0. The van der Waals surface area contributed by atoms with Crippen LogP contribution >= 0.6 is 0 Å². The molecule has 1 heterocycles. The highest BCUT2D eigenvalue weighted by atomic mass is 14.9. The van der Waals surface area contributed by atoms with Crippen molar-refractivity contribution in [3.63, 3.8) is 0 Å². The summed E-state index contributed by atoms with van der Waals surface area (Å²) in [5.74, 6) is 0. The molecule has 1 aliphatic rings. The fourth-order valence-corrected chi connectivity index (χ4v) is 0.691. The van der Waals surface area contributed by atoms with Gasteiger partial charge in [-0.05, 0) is 26.0 Å². The molecule has 1 atom stereocenters. The minimum atomic E-state index is 0.550. The first-order valence-electron chi connectivity index (χ1n) is 2.70. The summed E-state index contributed by atoms with van der Waals surface area (Å²) < 4.78 is 0. The summed E-state index contributed by atoms with van der Waals surface area (Å²) in [5.41, 5.74) is 0. The van der Waals surface area contributed by atoms with Crippen LogP contribution in [0.25, 0.3) is 0 Å². The molecule has 1 unspecified atom stereocenters. The Bertz CT molecular complexity index is 76.2. The molecule has 0 aromatic carbocycles. The second-order valence-corrected chi connectivity index (χ2v) is 1.86. The maximum Gasteiger partial charge on any atom is 0.0227 e. The Morgan fingerprint density at radius 1 is 1.86 bits per heavy atom. The number of nitrogens with one attached hydrogen (secondary N) is 1. The van der Waals surface area contributed by atoms with Crippen molar-refractivity contribution in [3.8, 4) is 0 Å². The SMILES string of the molecule is CC1C=[C]CCN1. The van der Waals surface area contributed by atoms with E-state index in [1.807, 2.05) is 0 Å². The molecule has 0 saturated carbocycles. The molecule has 0 bridgehead atoms. The zero-order valence-corrected chi connectivity index (χ0v) is 4.57. The molecule has 0 aromatic rings. The topological polar surface area (TPSA) is 12.0 Å². The van der Waals surface area contributed by atoms with Crippen LogP contribution in [0.4, 0.5) is 0 Å². The van der Waals surface area contributed by atoms with Crippen LogP contribution in [0.1, 0.15) is 13.3 Å². The van der Waals surface area contributed by atoms with E-state index in [-0.39, 0.29) is 0 Å². The zero-order valence-electron chi connectivity index (χ0n) is 4.57. The lowest BCUT2D eigenvalue weighted by molar-refractivity contribution is 0.605. The van der Waals surface area contributed by atoms with Crippen LogP contribution in [0.15, 0.2) is 6.08 Å². The molecule has 0 spiro atoms. The van der Waals surface area contributed by atoms with Gasteiger partial charge in [0.15, 0.2) is 0 Å². The minimum absolute atomic E-state index is 0.550. The van der Waals surface area contributed by atoms with E-state index in [9.17, 15) is 0 Å². The van der Waals surface area contributed by atoms with Crippen LogP contribution in [0, 0.1) is 6.08 Å². The Balaban J connectivity index is 2.36. The van der Waals surface area contributed by atoms with Crippen LogP contribution in [0.3, 0.4) is 0 Å². The van der Waals surface area contributed by atoms with Gasteiger partial charge in [-0.15, -0.1) is 0 Å². The lowest BCUT2D eigenvalue weighted by Crippen LogP contribution is -2.27. The van der Waals surface area contributed by atoms with Gasteiger partial charge in [-0.1, -0.05) is 6.08 Å². The van der Waals surface area contributed by atoms with Crippen LogP contribution in [-0.2, 0) is 0 Å². The first-order valence-corrected chi connectivity index (χ1v) is 2.70. The largest absolute Gasteiger partial charge is 0.310 e. The zero-order chi connectivity index (χ0) is 5.11. The Morgan fingerprint density at radius 2 is 2.71 bits per heavy atom. The van der Waals surface area contributed by atoms with Gasteiger partial charge in [-0.3, -0.25) is 0 Å². The van der Waals surface area contributed by atoms with Crippen molar-refractivity contribution >= 4 is 0 Å². The second kappa shape index (κ2) is 2.12. The van der Waals surface area contributed by atoms with Crippen molar-refractivity contribution in [2.45, 2.75) is 19.4 Å². The van der Waals surface area contributed by atoms with Gasteiger partial charge in [0.05, 0.1) is 0 Å². The van der Waals surface area contributed by atoms with E-state index >= 15 is 0 Å². The van der Waals surface area contributed by atoms with E-state index in [0.29, 0.717) is 6.04 Å². The molecule has 1 heteroatoms. The average Bonchev–Trinajstić information content (AvgIpc) is 1.69. The maximum absolute atomic E-state index is 3.26. The summed E-state index contributed by atoms with van der Waals surface area (Å²) in [6, 6.07) is 0.550.